The fourth-order valence-electron chi connectivity index (χ4n) is 1.76. The molecule has 0 spiro atoms. The molecule has 0 bridgehead atoms. The summed E-state index contributed by atoms with van der Waals surface area (Å²) in [5, 5.41) is 8.59. The van der Waals surface area contributed by atoms with Crippen molar-refractivity contribution in [3.05, 3.63) is 11.8 Å². The summed E-state index contributed by atoms with van der Waals surface area (Å²) in [5.41, 5.74) is 1.32. The van der Waals surface area contributed by atoms with Crippen LogP contribution in [0.4, 0.5) is 0 Å². The highest BCUT2D eigenvalue weighted by Gasteiger charge is 2.18. The lowest BCUT2D eigenvalue weighted by Gasteiger charge is -2.22. The van der Waals surface area contributed by atoms with Gasteiger partial charge in [-0.25, -0.2) is 0 Å². The Morgan fingerprint density at radius 2 is 2.50 bits per heavy atom. The summed E-state index contributed by atoms with van der Waals surface area (Å²) in [5.74, 6) is 0.462. The number of methoxy groups -OCH3 is 1. The van der Waals surface area contributed by atoms with Crippen LogP contribution < -0.4 is 0 Å². The fraction of sp³-hybridized carbons (Fsp3) is 0.700. The molecule has 2 nitrogen and oxygen atoms in total. The van der Waals surface area contributed by atoms with E-state index in [1.54, 1.807) is 7.11 Å². The van der Waals surface area contributed by atoms with Gasteiger partial charge in [0.25, 0.3) is 0 Å². The summed E-state index contributed by atoms with van der Waals surface area (Å²) in [6.45, 7) is 0. The Hall–Kier alpha value is -0.970. The van der Waals surface area contributed by atoms with Gasteiger partial charge < -0.3 is 4.74 Å². The van der Waals surface area contributed by atoms with Crippen molar-refractivity contribution in [3.8, 4) is 6.07 Å². The Balaban J connectivity index is 2.55. The first-order valence-corrected chi connectivity index (χ1v) is 4.47. The number of allylic oxidation sites excluding steroid dienone is 1. The molecule has 0 saturated heterocycles. The lowest BCUT2D eigenvalue weighted by molar-refractivity contribution is 0.318. The minimum atomic E-state index is 0.462. The number of nitrogens with zero attached hydrogens (tertiary/aromatic N) is 1. The Labute approximate surface area is 73.8 Å². The normalized spacial score (nSPS) is 26.7. The largest absolute Gasteiger partial charge is 0.504 e. The van der Waals surface area contributed by atoms with Gasteiger partial charge in [0.15, 0.2) is 0 Å². The van der Waals surface area contributed by atoms with E-state index in [-0.39, 0.29) is 0 Å². The van der Waals surface area contributed by atoms with Crippen LogP contribution in [0, 0.1) is 17.2 Å². The third-order valence-electron chi connectivity index (χ3n) is 2.40. The smallest absolute Gasteiger partial charge is 0.0819 e. The van der Waals surface area contributed by atoms with E-state index in [0.29, 0.717) is 12.3 Å². The quantitative estimate of drug-likeness (QED) is 0.589. The number of nitriles is 1. The molecule has 1 unspecified atom stereocenters. The summed E-state index contributed by atoms with van der Waals surface area (Å²) in [7, 11) is 1.67. The molecule has 0 aromatic carbocycles. The van der Waals surface area contributed by atoms with E-state index >= 15 is 0 Å². The van der Waals surface area contributed by atoms with Gasteiger partial charge in [-0.15, -0.1) is 0 Å². The monoisotopic (exact) mass is 165 g/mol. The zero-order valence-electron chi connectivity index (χ0n) is 7.55. The Morgan fingerprint density at radius 1 is 1.67 bits per heavy atom. The third kappa shape index (κ3) is 2.27. The van der Waals surface area contributed by atoms with Crippen LogP contribution in [0.25, 0.3) is 0 Å². The molecule has 0 aromatic rings. The van der Waals surface area contributed by atoms with Gasteiger partial charge in [0.1, 0.15) is 0 Å². The molecule has 0 heterocycles. The molecule has 1 fully saturated rings. The molecule has 0 aliphatic heterocycles. The van der Waals surface area contributed by atoms with Crippen LogP contribution in [0.5, 0.6) is 0 Å². The van der Waals surface area contributed by atoms with E-state index in [2.05, 4.69) is 6.07 Å². The number of rotatable bonds is 2. The Bertz CT molecular complexity index is 202. The molecule has 12 heavy (non-hydrogen) atoms. The van der Waals surface area contributed by atoms with E-state index in [4.69, 9.17) is 10.00 Å². The lowest BCUT2D eigenvalue weighted by Crippen LogP contribution is -2.09. The van der Waals surface area contributed by atoms with Gasteiger partial charge in [0.2, 0.25) is 0 Å². The van der Waals surface area contributed by atoms with Crippen molar-refractivity contribution in [2.24, 2.45) is 5.92 Å². The number of hydrogen-bond donors (Lipinski definition) is 0. The van der Waals surface area contributed by atoms with Crippen molar-refractivity contribution in [2.45, 2.75) is 32.1 Å². The zero-order chi connectivity index (χ0) is 8.81. The molecule has 2 heteroatoms. The average molecular weight is 165 g/mol. The fourth-order valence-corrected chi connectivity index (χ4v) is 1.76. The molecule has 0 N–H and O–H groups in total. The van der Waals surface area contributed by atoms with Crippen molar-refractivity contribution in [2.75, 3.05) is 7.11 Å². The molecule has 1 atom stereocenters. The first-order chi connectivity index (χ1) is 5.88. The van der Waals surface area contributed by atoms with Crippen LogP contribution in [0.15, 0.2) is 11.8 Å². The first-order valence-electron chi connectivity index (χ1n) is 4.47. The second-order valence-corrected chi connectivity index (χ2v) is 3.23. The van der Waals surface area contributed by atoms with E-state index in [1.165, 1.54) is 18.4 Å². The van der Waals surface area contributed by atoms with Gasteiger partial charge in [-0.05, 0) is 30.8 Å². The van der Waals surface area contributed by atoms with E-state index in [0.717, 1.165) is 12.8 Å². The van der Waals surface area contributed by atoms with Crippen LogP contribution in [0.1, 0.15) is 32.1 Å². The van der Waals surface area contributed by atoms with Crippen LogP contribution in [0.2, 0.25) is 0 Å². The van der Waals surface area contributed by atoms with Crippen molar-refractivity contribution in [1.82, 2.24) is 0 Å². The Kier molecular flexibility index (Phi) is 3.66. The summed E-state index contributed by atoms with van der Waals surface area (Å²) in [6.07, 6.45) is 7.24. The summed E-state index contributed by atoms with van der Waals surface area (Å²) < 4.78 is 4.99. The molecular weight excluding hydrogens is 150 g/mol. The summed E-state index contributed by atoms with van der Waals surface area (Å²) >= 11 is 0. The highest BCUT2D eigenvalue weighted by molar-refractivity contribution is 5.08. The van der Waals surface area contributed by atoms with Crippen molar-refractivity contribution in [3.63, 3.8) is 0 Å². The predicted molar refractivity (Wildman–Crippen MR) is 47.3 cm³/mol. The second kappa shape index (κ2) is 4.82. The number of ether oxygens (including phenoxy) is 1. The van der Waals surface area contributed by atoms with Crippen molar-refractivity contribution in [1.29, 1.82) is 5.26 Å². The topological polar surface area (TPSA) is 33.0 Å². The van der Waals surface area contributed by atoms with E-state index < -0.39 is 0 Å². The second-order valence-electron chi connectivity index (χ2n) is 3.23. The van der Waals surface area contributed by atoms with Gasteiger partial charge in [-0.1, -0.05) is 6.42 Å². The summed E-state index contributed by atoms with van der Waals surface area (Å²) in [4.78, 5) is 0. The molecule has 1 aliphatic rings. The van der Waals surface area contributed by atoms with Crippen LogP contribution in [-0.2, 0) is 4.74 Å². The lowest BCUT2D eigenvalue weighted by atomic mass is 9.83. The van der Waals surface area contributed by atoms with Gasteiger partial charge >= 0.3 is 0 Å². The maximum absolute atomic E-state index is 8.59. The van der Waals surface area contributed by atoms with Gasteiger partial charge in [0.05, 0.1) is 19.4 Å². The van der Waals surface area contributed by atoms with Crippen LogP contribution in [0.3, 0.4) is 0 Å². The van der Waals surface area contributed by atoms with Crippen molar-refractivity contribution < 1.29 is 4.74 Å². The highest BCUT2D eigenvalue weighted by atomic mass is 16.5. The molecule has 0 aromatic heterocycles. The molecule has 0 amide bonds. The SMILES string of the molecule is CO/C=C1\CCCCC1CC#N. The molecule has 0 radical (unpaired) electrons. The molecule has 1 saturated carbocycles. The minimum Gasteiger partial charge on any atom is -0.504 e. The molecular formula is C10H15NO. The molecule has 1 rings (SSSR count). The molecule has 66 valence electrons. The van der Waals surface area contributed by atoms with Gasteiger partial charge in [0, 0.05) is 6.42 Å². The van der Waals surface area contributed by atoms with Crippen LogP contribution in [-0.4, -0.2) is 7.11 Å². The zero-order valence-corrected chi connectivity index (χ0v) is 7.55. The van der Waals surface area contributed by atoms with Crippen LogP contribution >= 0.6 is 0 Å². The van der Waals surface area contributed by atoms with E-state index in [9.17, 15) is 0 Å². The minimum absolute atomic E-state index is 0.462. The van der Waals surface area contributed by atoms with E-state index in [1.807, 2.05) is 6.26 Å². The first kappa shape index (κ1) is 9.12. The Morgan fingerprint density at radius 3 is 3.17 bits per heavy atom. The average Bonchev–Trinajstić information content (AvgIpc) is 2.09. The molecule has 1 aliphatic carbocycles. The van der Waals surface area contributed by atoms with Gasteiger partial charge in [-0.3, -0.25) is 0 Å². The summed E-state index contributed by atoms with van der Waals surface area (Å²) in [6, 6.07) is 2.23. The van der Waals surface area contributed by atoms with Gasteiger partial charge in [-0.2, -0.15) is 5.26 Å². The van der Waals surface area contributed by atoms with Crippen molar-refractivity contribution >= 4 is 0 Å². The maximum Gasteiger partial charge on any atom is 0.0819 e. The third-order valence-corrected chi connectivity index (χ3v) is 2.40. The maximum atomic E-state index is 8.59. The standard InChI is InChI=1S/C10H15NO/c1-12-8-10-5-3-2-4-9(10)6-7-11/h8-9H,2-6H2,1H3/b10-8+. The highest BCUT2D eigenvalue weighted by Crippen LogP contribution is 2.31. The predicted octanol–water partition coefficient (Wildman–Crippen LogP) is 2.62. The number of hydrogen-bond acceptors (Lipinski definition) is 2.